The number of fused-ring (bicyclic) bond motifs is 1. The number of nitrogens with zero attached hydrogens (tertiary/aromatic N) is 3. The van der Waals surface area contributed by atoms with Crippen molar-refractivity contribution >= 4 is 27.5 Å². The van der Waals surface area contributed by atoms with Gasteiger partial charge in [0.2, 0.25) is 21.8 Å². The molecule has 0 aliphatic carbocycles. The van der Waals surface area contributed by atoms with E-state index < -0.39 is 10.0 Å². The number of nitrogens with one attached hydrogen (secondary N) is 1. The fraction of sp³-hybridized carbons (Fsp3) is 0.636. The second kappa shape index (κ2) is 10.5. The van der Waals surface area contributed by atoms with E-state index in [2.05, 4.69) is 29.3 Å². The van der Waals surface area contributed by atoms with E-state index in [-0.39, 0.29) is 36.9 Å². The maximum atomic E-state index is 12.6. The zero-order valence-corrected chi connectivity index (χ0v) is 19.3. The number of likely N-dealkylation sites (tertiary alicyclic amines) is 1. The number of carbonyl (C=O) groups is 2. The summed E-state index contributed by atoms with van der Waals surface area (Å²) in [7, 11) is -3.30. The zero-order chi connectivity index (χ0) is 22.4. The molecule has 1 N–H and O–H groups in total. The van der Waals surface area contributed by atoms with Gasteiger partial charge in [-0.2, -0.15) is 4.31 Å². The van der Waals surface area contributed by atoms with Gasteiger partial charge in [0, 0.05) is 44.8 Å². The van der Waals surface area contributed by atoms with Crippen LogP contribution in [0.4, 0.5) is 5.69 Å². The molecule has 2 aliphatic rings. The highest BCUT2D eigenvalue weighted by atomic mass is 32.2. The molecule has 3 rings (SSSR count). The lowest BCUT2D eigenvalue weighted by molar-refractivity contribution is -0.138. The van der Waals surface area contributed by atoms with Crippen LogP contribution in [0.3, 0.4) is 0 Å². The SMILES string of the molecule is CCN(CCCNC(=O)CN1C(=O)CCC[C@@H]2CN(S(C)(=O)=O)C[C@@H]21)c1ccccc1. The molecule has 0 spiro atoms. The molecule has 8 nitrogen and oxygen atoms in total. The number of para-hydroxylation sites is 1. The molecule has 2 saturated heterocycles. The van der Waals surface area contributed by atoms with E-state index in [4.69, 9.17) is 0 Å². The van der Waals surface area contributed by atoms with Crippen molar-refractivity contribution in [1.82, 2.24) is 14.5 Å². The zero-order valence-electron chi connectivity index (χ0n) is 18.5. The summed E-state index contributed by atoms with van der Waals surface area (Å²) < 4.78 is 25.4. The summed E-state index contributed by atoms with van der Waals surface area (Å²) in [4.78, 5) is 29.1. The first-order valence-corrected chi connectivity index (χ1v) is 13.0. The van der Waals surface area contributed by atoms with Gasteiger partial charge in [0.25, 0.3) is 0 Å². The van der Waals surface area contributed by atoms with Crippen LogP contribution in [0.25, 0.3) is 0 Å². The number of benzene rings is 1. The van der Waals surface area contributed by atoms with Crippen LogP contribution >= 0.6 is 0 Å². The average Bonchev–Trinajstić information content (AvgIpc) is 3.11. The minimum atomic E-state index is -3.30. The van der Waals surface area contributed by atoms with Crippen LogP contribution in [0.1, 0.15) is 32.6 Å². The monoisotopic (exact) mass is 450 g/mol. The third-order valence-corrected chi connectivity index (χ3v) is 7.51. The number of sulfonamides is 1. The number of hydrogen-bond donors (Lipinski definition) is 1. The maximum absolute atomic E-state index is 12.6. The minimum Gasteiger partial charge on any atom is -0.372 e. The second-order valence-corrected chi connectivity index (χ2v) is 10.4. The van der Waals surface area contributed by atoms with Gasteiger partial charge in [-0.25, -0.2) is 8.42 Å². The number of amides is 2. The van der Waals surface area contributed by atoms with Crippen molar-refractivity contribution in [1.29, 1.82) is 0 Å². The highest BCUT2D eigenvalue weighted by Gasteiger charge is 2.43. The topological polar surface area (TPSA) is 90.0 Å². The molecule has 2 atom stereocenters. The van der Waals surface area contributed by atoms with E-state index in [0.717, 1.165) is 38.0 Å². The van der Waals surface area contributed by atoms with E-state index in [1.807, 2.05) is 18.2 Å². The second-order valence-electron chi connectivity index (χ2n) is 8.44. The molecule has 31 heavy (non-hydrogen) atoms. The molecule has 0 saturated carbocycles. The van der Waals surface area contributed by atoms with Crippen LogP contribution in [0.2, 0.25) is 0 Å². The number of carbonyl (C=O) groups excluding carboxylic acids is 2. The highest BCUT2D eigenvalue weighted by Crippen LogP contribution is 2.31. The first kappa shape index (κ1) is 23.5. The van der Waals surface area contributed by atoms with Crippen molar-refractivity contribution in [3.8, 4) is 0 Å². The molecule has 172 valence electrons. The van der Waals surface area contributed by atoms with Crippen LogP contribution < -0.4 is 10.2 Å². The van der Waals surface area contributed by atoms with E-state index in [1.54, 1.807) is 4.90 Å². The standard InChI is InChI=1S/C22H34N4O4S/c1-3-24(19-10-5-4-6-11-19)14-8-13-23-21(27)17-26-20-16-25(31(2,29)30)15-18(20)9-7-12-22(26)28/h4-6,10-11,18,20H,3,7-9,12-17H2,1-2H3,(H,23,27)/t18-,20+/m1/s1. The third kappa shape index (κ3) is 6.20. The Bertz CT molecular complexity index is 862. The molecule has 2 amide bonds. The first-order valence-electron chi connectivity index (χ1n) is 11.1. The van der Waals surface area contributed by atoms with E-state index >= 15 is 0 Å². The number of hydrogen-bond acceptors (Lipinski definition) is 5. The number of rotatable bonds is 9. The average molecular weight is 451 g/mol. The fourth-order valence-electron chi connectivity index (χ4n) is 4.59. The quantitative estimate of drug-likeness (QED) is 0.573. The summed E-state index contributed by atoms with van der Waals surface area (Å²) in [6, 6.07) is 9.95. The molecule has 0 unspecified atom stereocenters. The Labute approximate surface area is 185 Å². The van der Waals surface area contributed by atoms with Crippen LogP contribution in [0, 0.1) is 5.92 Å². The minimum absolute atomic E-state index is 0.00617. The van der Waals surface area contributed by atoms with Crippen LogP contribution in [0.5, 0.6) is 0 Å². The maximum Gasteiger partial charge on any atom is 0.239 e. The Kier molecular flexibility index (Phi) is 7.94. The van der Waals surface area contributed by atoms with E-state index in [9.17, 15) is 18.0 Å². The molecule has 2 heterocycles. The van der Waals surface area contributed by atoms with Gasteiger partial charge in [0.1, 0.15) is 0 Å². The van der Waals surface area contributed by atoms with Crippen molar-refractivity contribution < 1.29 is 18.0 Å². The lowest BCUT2D eigenvalue weighted by atomic mass is 9.98. The van der Waals surface area contributed by atoms with Gasteiger partial charge in [-0.05, 0) is 44.2 Å². The van der Waals surface area contributed by atoms with Gasteiger partial charge >= 0.3 is 0 Å². The van der Waals surface area contributed by atoms with Gasteiger partial charge in [0.15, 0.2) is 0 Å². The van der Waals surface area contributed by atoms with Crippen LogP contribution in [0.15, 0.2) is 30.3 Å². The summed E-state index contributed by atoms with van der Waals surface area (Å²) in [6.07, 6.45) is 3.97. The van der Waals surface area contributed by atoms with Gasteiger partial charge in [0.05, 0.1) is 18.8 Å². The largest absolute Gasteiger partial charge is 0.372 e. The Morgan fingerprint density at radius 3 is 2.65 bits per heavy atom. The van der Waals surface area contributed by atoms with Gasteiger partial charge in [-0.1, -0.05) is 18.2 Å². The molecule has 1 aromatic carbocycles. The predicted octanol–water partition coefficient (Wildman–Crippen LogP) is 1.29. The van der Waals surface area contributed by atoms with Crippen molar-refractivity contribution in [2.45, 2.75) is 38.6 Å². The van der Waals surface area contributed by atoms with Crippen molar-refractivity contribution in [2.75, 3.05) is 50.4 Å². The van der Waals surface area contributed by atoms with Crippen molar-refractivity contribution in [3.63, 3.8) is 0 Å². The third-order valence-electron chi connectivity index (χ3n) is 6.27. The normalized spacial score (nSPS) is 22.1. The molecule has 1 aromatic rings. The molecule has 0 bridgehead atoms. The molecule has 0 aromatic heterocycles. The van der Waals surface area contributed by atoms with E-state index in [0.29, 0.717) is 19.5 Å². The highest BCUT2D eigenvalue weighted by molar-refractivity contribution is 7.88. The first-order chi connectivity index (χ1) is 14.8. The molecule has 2 fully saturated rings. The Balaban J connectivity index is 1.51. The van der Waals surface area contributed by atoms with Gasteiger partial charge in [-0.15, -0.1) is 0 Å². The lowest BCUT2D eigenvalue weighted by Gasteiger charge is -2.30. The molecule has 0 radical (unpaired) electrons. The van der Waals surface area contributed by atoms with Crippen LogP contribution in [-0.2, 0) is 19.6 Å². The smallest absolute Gasteiger partial charge is 0.239 e. The van der Waals surface area contributed by atoms with Crippen molar-refractivity contribution in [3.05, 3.63) is 30.3 Å². The Morgan fingerprint density at radius 2 is 1.97 bits per heavy atom. The Morgan fingerprint density at radius 1 is 1.23 bits per heavy atom. The molecular formula is C22H34N4O4S. The summed E-state index contributed by atoms with van der Waals surface area (Å²) in [5, 5.41) is 2.93. The summed E-state index contributed by atoms with van der Waals surface area (Å²) in [5.41, 5.74) is 1.16. The fourth-order valence-corrected chi connectivity index (χ4v) is 5.48. The van der Waals surface area contributed by atoms with Gasteiger partial charge < -0.3 is 15.1 Å². The molecular weight excluding hydrogens is 416 g/mol. The van der Waals surface area contributed by atoms with Crippen molar-refractivity contribution in [2.24, 2.45) is 5.92 Å². The number of anilines is 1. The van der Waals surface area contributed by atoms with Gasteiger partial charge in [-0.3, -0.25) is 9.59 Å². The predicted molar refractivity (Wildman–Crippen MR) is 121 cm³/mol. The lowest BCUT2D eigenvalue weighted by Crippen LogP contribution is -2.48. The van der Waals surface area contributed by atoms with E-state index in [1.165, 1.54) is 10.6 Å². The van der Waals surface area contributed by atoms with Crippen LogP contribution in [-0.4, -0.2) is 81.0 Å². The summed E-state index contributed by atoms with van der Waals surface area (Å²) in [6.45, 7) is 5.07. The molecule has 2 aliphatic heterocycles. The summed E-state index contributed by atoms with van der Waals surface area (Å²) >= 11 is 0. The molecule has 9 heteroatoms. The summed E-state index contributed by atoms with van der Waals surface area (Å²) in [5.74, 6) is -0.147. The Hall–Kier alpha value is -2.13.